The van der Waals surface area contributed by atoms with E-state index in [1.165, 1.54) is 28.0 Å². The monoisotopic (exact) mass is 371 g/mol. The van der Waals surface area contributed by atoms with E-state index >= 15 is 0 Å². The normalized spacial score (nSPS) is 10.5. The average molecular weight is 373 g/mol. The molecule has 0 saturated heterocycles. The van der Waals surface area contributed by atoms with Gasteiger partial charge in [0.25, 0.3) is 0 Å². The maximum absolute atomic E-state index is 5.87. The molecule has 0 saturated carbocycles. The molecule has 1 aromatic carbocycles. The van der Waals surface area contributed by atoms with Gasteiger partial charge in [-0.15, -0.1) is 0 Å². The van der Waals surface area contributed by atoms with Gasteiger partial charge in [0.2, 0.25) is 0 Å². The zero-order valence-electron chi connectivity index (χ0n) is 13.7. The second-order valence-corrected chi connectivity index (χ2v) is 5.63. The number of benzene rings is 1. The van der Waals surface area contributed by atoms with Crippen LogP contribution in [0.15, 0.2) is 0 Å². The van der Waals surface area contributed by atoms with Gasteiger partial charge >= 0.3 is 143 Å². The van der Waals surface area contributed by atoms with Crippen LogP contribution in [0.4, 0.5) is 0 Å². The summed E-state index contributed by atoms with van der Waals surface area (Å²) in [6.07, 6.45) is 0. The van der Waals surface area contributed by atoms with Gasteiger partial charge in [0.05, 0.1) is 0 Å². The van der Waals surface area contributed by atoms with Crippen molar-refractivity contribution in [2.75, 3.05) is 26.4 Å². The fraction of sp³-hybridized carbons (Fsp3) is 0.625. The standard InChI is InChI=1S/C16H25O4.Zr/c1-6-17-11-13-10-12(5)14(18-7-2)16(20-9-4)15(13)19-8-3;/h6-9,11H2,1-5H3;. The van der Waals surface area contributed by atoms with E-state index in [9.17, 15) is 0 Å². The molecule has 1 rings (SSSR count). The summed E-state index contributed by atoms with van der Waals surface area (Å²) in [5, 5.41) is 0. The molecule has 0 atom stereocenters. The van der Waals surface area contributed by atoms with Crippen LogP contribution in [-0.2, 0) is 36.1 Å². The van der Waals surface area contributed by atoms with Gasteiger partial charge in [0, 0.05) is 0 Å². The maximum atomic E-state index is 5.87. The van der Waals surface area contributed by atoms with Crippen molar-refractivity contribution in [3.8, 4) is 17.2 Å². The van der Waals surface area contributed by atoms with Crippen LogP contribution in [0.2, 0.25) is 0 Å². The molecule has 0 fully saturated rings. The molecule has 0 N–H and O–H groups in total. The van der Waals surface area contributed by atoms with Gasteiger partial charge in [-0.2, -0.15) is 0 Å². The van der Waals surface area contributed by atoms with E-state index < -0.39 is 0 Å². The van der Waals surface area contributed by atoms with E-state index in [1.54, 1.807) is 0 Å². The fourth-order valence-corrected chi connectivity index (χ4v) is 2.83. The molecule has 117 valence electrons. The fourth-order valence-electron chi connectivity index (χ4n) is 2.10. The molecule has 0 bridgehead atoms. The van der Waals surface area contributed by atoms with Gasteiger partial charge in [0.15, 0.2) is 0 Å². The number of rotatable bonds is 9. The second-order valence-electron chi connectivity index (χ2n) is 4.40. The summed E-state index contributed by atoms with van der Waals surface area (Å²) < 4.78 is 24.4. The van der Waals surface area contributed by atoms with Crippen molar-refractivity contribution in [1.82, 2.24) is 0 Å². The molecule has 0 unspecified atom stereocenters. The molecular weight excluding hydrogens is 347 g/mol. The summed E-state index contributed by atoms with van der Waals surface area (Å²) in [5.74, 6) is 2.28. The Kier molecular flexibility index (Phi) is 8.35. The molecular formula is C16H25O4Zr. The van der Waals surface area contributed by atoms with E-state index in [-0.39, 0.29) is 0 Å². The molecule has 0 heterocycles. The summed E-state index contributed by atoms with van der Waals surface area (Å²) >= 11 is 1.32. The second kappa shape index (κ2) is 9.47. The van der Waals surface area contributed by atoms with Crippen molar-refractivity contribution in [2.24, 2.45) is 0 Å². The molecule has 0 aliphatic heterocycles. The summed E-state index contributed by atoms with van der Waals surface area (Å²) in [5.41, 5.74) is 2.21. The Hall–Kier alpha value is -0.537. The van der Waals surface area contributed by atoms with Crippen LogP contribution in [0.25, 0.3) is 0 Å². The third-order valence-electron chi connectivity index (χ3n) is 3.02. The van der Waals surface area contributed by atoms with Crippen LogP contribution >= 0.6 is 0 Å². The first kappa shape index (κ1) is 18.5. The molecule has 0 spiro atoms. The summed E-state index contributed by atoms with van der Waals surface area (Å²) in [6.45, 7) is 13.0. The third-order valence-corrected chi connectivity index (χ3v) is 4.68. The van der Waals surface area contributed by atoms with Crippen LogP contribution in [0.1, 0.15) is 38.8 Å². The van der Waals surface area contributed by atoms with Gasteiger partial charge in [0.1, 0.15) is 0 Å². The predicted octanol–water partition coefficient (Wildman–Crippen LogP) is 2.90. The Labute approximate surface area is 143 Å². The molecule has 1 aromatic rings. The molecule has 0 aliphatic rings. The molecule has 21 heavy (non-hydrogen) atoms. The first-order valence-electron chi connectivity index (χ1n) is 7.49. The van der Waals surface area contributed by atoms with Gasteiger partial charge in [-0.1, -0.05) is 0 Å². The van der Waals surface area contributed by atoms with Gasteiger partial charge in [-0.25, -0.2) is 0 Å². The predicted molar refractivity (Wildman–Crippen MR) is 79.7 cm³/mol. The number of hydrogen-bond donors (Lipinski definition) is 0. The Balaban J connectivity index is 3.47. The van der Waals surface area contributed by atoms with Crippen molar-refractivity contribution in [3.05, 3.63) is 11.1 Å². The first-order chi connectivity index (χ1) is 10.1. The Morgan fingerprint density at radius 3 is 1.81 bits per heavy atom. The van der Waals surface area contributed by atoms with Crippen molar-refractivity contribution in [3.63, 3.8) is 0 Å². The zero-order chi connectivity index (χ0) is 15.8. The van der Waals surface area contributed by atoms with Crippen LogP contribution < -0.4 is 17.5 Å². The van der Waals surface area contributed by atoms with Crippen molar-refractivity contribution in [1.29, 1.82) is 0 Å². The molecule has 0 aromatic heterocycles. The Bertz CT molecular complexity index is 460. The van der Waals surface area contributed by atoms with E-state index in [2.05, 4.69) is 6.92 Å². The number of ether oxygens (including phenoxy) is 4. The minimum absolute atomic E-state index is 0.541. The summed E-state index contributed by atoms with van der Waals surface area (Å²) in [7, 11) is 0. The molecule has 0 amide bonds. The van der Waals surface area contributed by atoms with E-state index in [4.69, 9.17) is 18.9 Å². The molecule has 0 aliphatic carbocycles. The van der Waals surface area contributed by atoms with E-state index in [0.29, 0.717) is 38.8 Å². The average Bonchev–Trinajstić information content (AvgIpc) is 2.48. The van der Waals surface area contributed by atoms with Crippen molar-refractivity contribution < 1.29 is 43.7 Å². The van der Waals surface area contributed by atoms with Crippen LogP contribution in [0.5, 0.6) is 17.2 Å². The van der Waals surface area contributed by atoms with Crippen molar-refractivity contribution >= 4 is 3.27 Å². The summed E-state index contributed by atoms with van der Waals surface area (Å²) in [4.78, 5) is 0. The van der Waals surface area contributed by atoms with E-state index in [0.717, 1.165) is 22.6 Å². The number of hydrogen-bond acceptors (Lipinski definition) is 4. The van der Waals surface area contributed by atoms with Crippen LogP contribution in [0.3, 0.4) is 0 Å². The third kappa shape index (κ3) is 4.46. The molecule has 4 nitrogen and oxygen atoms in total. The van der Waals surface area contributed by atoms with Crippen LogP contribution in [0, 0.1) is 6.92 Å². The van der Waals surface area contributed by atoms with Crippen molar-refractivity contribution in [2.45, 2.75) is 41.2 Å². The molecule has 5 heteroatoms. The van der Waals surface area contributed by atoms with Gasteiger partial charge in [-0.3, -0.25) is 0 Å². The van der Waals surface area contributed by atoms with E-state index in [1.807, 2.05) is 27.7 Å². The SMILES string of the molecule is CCOCc1[c]([Zr])c(C)c(OCC)c(OCC)c1OCC. The first-order valence-corrected chi connectivity index (χ1v) is 8.72. The minimum atomic E-state index is 0.541. The Morgan fingerprint density at radius 2 is 1.29 bits per heavy atom. The van der Waals surface area contributed by atoms with Gasteiger partial charge < -0.3 is 0 Å². The Morgan fingerprint density at radius 1 is 0.762 bits per heavy atom. The zero-order valence-corrected chi connectivity index (χ0v) is 16.1. The topological polar surface area (TPSA) is 36.9 Å². The van der Waals surface area contributed by atoms with Crippen LogP contribution in [-0.4, -0.2) is 26.4 Å². The van der Waals surface area contributed by atoms with Gasteiger partial charge in [-0.05, 0) is 0 Å². The molecule has 0 radical (unpaired) electrons. The summed E-state index contributed by atoms with van der Waals surface area (Å²) in [6, 6.07) is 0. The quantitative estimate of drug-likeness (QED) is 0.668.